The van der Waals surface area contributed by atoms with E-state index in [9.17, 15) is 9.59 Å². The summed E-state index contributed by atoms with van der Waals surface area (Å²) in [6.45, 7) is 4.57. The summed E-state index contributed by atoms with van der Waals surface area (Å²) in [4.78, 5) is 32.1. The van der Waals surface area contributed by atoms with Crippen molar-refractivity contribution in [3.63, 3.8) is 0 Å². The number of likely N-dealkylation sites (tertiary alicyclic amines) is 1. The number of halogens is 1. The third-order valence-corrected chi connectivity index (χ3v) is 4.38. The van der Waals surface area contributed by atoms with Gasteiger partial charge < -0.3 is 14.6 Å². The minimum atomic E-state index is -0.184. The Labute approximate surface area is 135 Å². The van der Waals surface area contributed by atoms with Crippen molar-refractivity contribution in [3.05, 3.63) is 32.8 Å². The van der Waals surface area contributed by atoms with Gasteiger partial charge in [0.15, 0.2) is 0 Å². The Balaban J connectivity index is 1.90. The van der Waals surface area contributed by atoms with E-state index in [2.05, 4.69) is 25.9 Å². The second-order valence-corrected chi connectivity index (χ2v) is 6.30. The molecule has 0 spiro atoms. The molecular formula is C15H16BrN3O3. The lowest BCUT2D eigenvalue weighted by molar-refractivity contribution is -0.128. The van der Waals surface area contributed by atoms with Gasteiger partial charge >= 0.3 is 0 Å². The quantitative estimate of drug-likeness (QED) is 0.882. The van der Waals surface area contributed by atoms with Crippen molar-refractivity contribution >= 4 is 32.7 Å². The highest BCUT2D eigenvalue weighted by Crippen LogP contribution is 2.30. The van der Waals surface area contributed by atoms with Crippen LogP contribution in [0, 0.1) is 6.92 Å². The smallest absolute Gasteiger partial charge is 0.258 e. The van der Waals surface area contributed by atoms with E-state index in [1.54, 1.807) is 30.9 Å². The summed E-state index contributed by atoms with van der Waals surface area (Å²) in [5.41, 5.74) is 0.439. The standard InChI is InChI=1S/C15H16BrN3O3/c1-8-17-13-6-12(16)14(5-11(13)15(21)18-8)22-10-3-4-19(7-10)9(2)20/h5-6,10H,3-4,7H2,1-2H3,(H,17,18,21)/t10-/m0/s1. The second kappa shape index (κ2) is 5.72. The van der Waals surface area contributed by atoms with E-state index in [-0.39, 0.29) is 17.6 Å². The maximum absolute atomic E-state index is 12.0. The Morgan fingerprint density at radius 1 is 1.50 bits per heavy atom. The SMILES string of the molecule is CC(=O)N1CC[C@H](Oc2cc3c(=O)[nH]c(C)nc3cc2Br)C1. The Kier molecular flexibility index (Phi) is 3.90. The lowest BCUT2D eigenvalue weighted by atomic mass is 10.2. The molecular weight excluding hydrogens is 350 g/mol. The zero-order valence-corrected chi connectivity index (χ0v) is 13.9. The first-order valence-corrected chi connectivity index (χ1v) is 7.85. The van der Waals surface area contributed by atoms with Crippen LogP contribution in [-0.2, 0) is 4.79 Å². The minimum Gasteiger partial charge on any atom is -0.487 e. The van der Waals surface area contributed by atoms with Crippen molar-refractivity contribution in [2.24, 2.45) is 0 Å². The lowest BCUT2D eigenvalue weighted by Crippen LogP contribution is -2.28. The molecule has 0 aliphatic carbocycles. The van der Waals surface area contributed by atoms with Gasteiger partial charge in [-0.05, 0) is 35.0 Å². The first kappa shape index (κ1) is 15.0. The van der Waals surface area contributed by atoms with Gasteiger partial charge in [-0.1, -0.05) is 0 Å². The number of benzene rings is 1. The topological polar surface area (TPSA) is 75.3 Å². The number of hydrogen-bond acceptors (Lipinski definition) is 4. The molecule has 0 bridgehead atoms. The molecule has 22 heavy (non-hydrogen) atoms. The van der Waals surface area contributed by atoms with Crippen LogP contribution >= 0.6 is 15.9 Å². The number of hydrogen-bond donors (Lipinski definition) is 1. The molecule has 1 aliphatic heterocycles. The van der Waals surface area contributed by atoms with Crippen molar-refractivity contribution in [2.45, 2.75) is 26.4 Å². The maximum atomic E-state index is 12.0. The van der Waals surface area contributed by atoms with Crippen molar-refractivity contribution < 1.29 is 9.53 Å². The number of aromatic amines is 1. The van der Waals surface area contributed by atoms with Crippen LogP contribution < -0.4 is 10.3 Å². The minimum absolute atomic E-state index is 0.0554. The van der Waals surface area contributed by atoms with E-state index in [0.717, 1.165) is 10.9 Å². The fourth-order valence-electron chi connectivity index (χ4n) is 2.64. The fraction of sp³-hybridized carbons (Fsp3) is 0.400. The van der Waals surface area contributed by atoms with Gasteiger partial charge in [0.1, 0.15) is 17.7 Å². The predicted molar refractivity (Wildman–Crippen MR) is 86.1 cm³/mol. The molecule has 1 atom stereocenters. The average molecular weight is 366 g/mol. The molecule has 1 aromatic heterocycles. The molecule has 3 rings (SSSR count). The molecule has 1 aliphatic rings. The van der Waals surface area contributed by atoms with Crippen LogP contribution in [-0.4, -0.2) is 40.0 Å². The number of carbonyl (C=O) groups is 1. The summed E-state index contributed by atoms with van der Waals surface area (Å²) in [5.74, 6) is 1.23. The molecule has 1 fully saturated rings. The molecule has 0 unspecified atom stereocenters. The third kappa shape index (κ3) is 2.85. The molecule has 0 saturated carbocycles. The van der Waals surface area contributed by atoms with Gasteiger partial charge in [0.05, 0.1) is 21.9 Å². The van der Waals surface area contributed by atoms with Gasteiger partial charge in [-0.3, -0.25) is 9.59 Å². The lowest BCUT2D eigenvalue weighted by Gasteiger charge is -2.16. The monoisotopic (exact) mass is 365 g/mol. The van der Waals surface area contributed by atoms with Gasteiger partial charge in [-0.25, -0.2) is 4.98 Å². The largest absolute Gasteiger partial charge is 0.487 e. The van der Waals surface area contributed by atoms with Crippen LogP contribution in [0.5, 0.6) is 5.75 Å². The van der Waals surface area contributed by atoms with Gasteiger partial charge in [0.2, 0.25) is 5.91 Å². The van der Waals surface area contributed by atoms with Gasteiger partial charge in [-0.2, -0.15) is 0 Å². The zero-order chi connectivity index (χ0) is 15.9. The molecule has 6 nitrogen and oxygen atoms in total. The number of ether oxygens (including phenoxy) is 1. The number of fused-ring (bicyclic) bond motifs is 1. The Morgan fingerprint density at radius 2 is 2.27 bits per heavy atom. The maximum Gasteiger partial charge on any atom is 0.258 e. The molecule has 2 aromatic rings. The molecule has 7 heteroatoms. The average Bonchev–Trinajstić information content (AvgIpc) is 2.89. The van der Waals surface area contributed by atoms with Crippen LogP contribution in [0.1, 0.15) is 19.2 Å². The van der Waals surface area contributed by atoms with E-state index in [4.69, 9.17) is 4.74 Å². The van der Waals surface area contributed by atoms with Crippen LogP contribution in [0.25, 0.3) is 10.9 Å². The normalized spacial score (nSPS) is 18.0. The number of nitrogens with zero attached hydrogens (tertiary/aromatic N) is 2. The van der Waals surface area contributed by atoms with E-state index in [1.165, 1.54) is 0 Å². The Hall–Kier alpha value is -1.89. The van der Waals surface area contributed by atoms with E-state index in [1.807, 2.05) is 0 Å². The van der Waals surface area contributed by atoms with Crippen molar-refractivity contribution in [1.29, 1.82) is 0 Å². The highest BCUT2D eigenvalue weighted by Gasteiger charge is 2.26. The fourth-order valence-corrected chi connectivity index (χ4v) is 3.06. The van der Waals surface area contributed by atoms with Crippen LogP contribution in [0.4, 0.5) is 0 Å². The van der Waals surface area contributed by atoms with Crippen molar-refractivity contribution in [3.8, 4) is 5.75 Å². The molecule has 1 aromatic carbocycles. The van der Waals surface area contributed by atoms with Crippen LogP contribution in [0.3, 0.4) is 0 Å². The number of aromatic nitrogens is 2. The first-order valence-electron chi connectivity index (χ1n) is 7.06. The number of rotatable bonds is 2. The summed E-state index contributed by atoms with van der Waals surface area (Å²) in [7, 11) is 0. The van der Waals surface area contributed by atoms with Gasteiger partial charge in [0, 0.05) is 19.9 Å². The summed E-state index contributed by atoms with van der Waals surface area (Å²) < 4.78 is 6.71. The zero-order valence-electron chi connectivity index (χ0n) is 12.4. The van der Waals surface area contributed by atoms with E-state index in [0.29, 0.717) is 35.6 Å². The Bertz CT molecular complexity index is 802. The molecule has 0 radical (unpaired) electrons. The van der Waals surface area contributed by atoms with Crippen molar-refractivity contribution in [1.82, 2.24) is 14.9 Å². The third-order valence-electron chi connectivity index (χ3n) is 3.76. The number of aryl methyl sites for hydroxylation is 1. The number of nitrogens with one attached hydrogen (secondary N) is 1. The van der Waals surface area contributed by atoms with Crippen LogP contribution in [0.15, 0.2) is 21.4 Å². The number of H-pyrrole nitrogens is 1. The highest BCUT2D eigenvalue weighted by atomic mass is 79.9. The molecule has 1 N–H and O–H groups in total. The summed E-state index contributed by atoms with van der Waals surface area (Å²) in [6.07, 6.45) is 0.724. The molecule has 1 saturated heterocycles. The number of amides is 1. The summed E-state index contributed by atoms with van der Waals surface area (Å²) >= 11 is 3.46. The van der Waals surface area contributed by atoms with Gasteiger partial charge in [-0.15, -0.1) is 0 Å². The Morgan fingerprint density at radius 3 is 2.95 bits per heavy atom. The van der Waals surface area contributed by atoms with E-state index >= 15 is 0 Å². The summed E-state index contributed by atoms with van der Waals surface area (Å²) in [5, 5.41) is 0.491. The molecule has 2 heterocycles. The van der Waals surface area contributed by atoms with E-state index < -0.39 is 0 Å². The van der Waals surface area contributed by atoms with Crippen LogP contribution in [0.2, 0.25) is 0 Å². The predicted octanol–water partition coefficient (Wildman–Crippen LogP) is 1.99. The summed E-state index contributed by atoms with van der Waals surface area (Å²) in [6, 6.07) is 3.48. The highest BCUT2D eigenvalue weighted by molar-refractivity contribution is 9.10. The second-order valence-electron chi connectivity index (χ2n) is 5.44. The molecule has 1 amide bonds. The first-order chi connectivity index (χ1) is 10.4. The molecule has 116 valence electrons. The van der Waals surface area contributed by atoms with Crippen molar-refractivity contribution in [2.75, 3.05) is 13.1 Å². The number of carbonyl (C=O) groups excluding carboxylic acids is 1. The van der Waals surface area contributed by atoms with Gasteiger partial charge in [0.25, 0.3) is 5.56 Å².